The van der Waals surface area contributed by atoms with Crippen molar-refractivity contribution in [2.75, 3.05) is 6.54 Å². The van der Waals surface area contributed by atoms with Gasteiger partial charge in [0.05, 0.1) is 17.4 Å². The summed E-state index contributed by atoms with van der Waals surface area (Å²) in [6, 6.07) is 11.4. The van der Waals surface area contributed by atoms with E-state index in [4.69, 9.17) is 0 Å². The Morgan fingerprint density at radius 3 is 2.30 bits per heavy atom. The average molecular weight is 271 g/mol. The van der Waals surface area contributed by atoms with Crippen molar-refractivity contribution < 1.29 is 0 Å². The molecular formula is C17H25N3. The van der Waals surface area contributed by atoms with Gasteiger partial charge < -0.3 is 5.32 Å². The predicted molar refractivity (Wildman–Crippen MR) is 83.9 cm³/mol. The quantitative estimate of drug-likeness (QED) is 0.874. The third-order valence-corrected chi connectivity index (χ3v) is 3.72. The van der Waals surface area contributed by atoms with E-state index in [0.717, 1.165) is 25.1 Å². The van der Waals surface area contributed by atoms with Crippen molar-refractivity contribution in [2.24, 2.45) is 7.05 Å². The highest BCUT2D eigenvalue weighted by Gasteiger charge is 2.15. The molecule has 1 aromatic heterocycles. The molecule has 0 fully saturated rings. The van der Waals surface area contributed by atoms with Crippen molar-refractivity contribution >= 4 is 0 Å². The lowest BCUT2D eigenvalue weighted by atomic mass is 10.0. The van der Waals surface area contributed by atoms with E-state index in [-0.39, 0.29) is 0 Å². The zero-order valence-electron chi connectivity index (χ0n) is 13.0. The normalized spacial score (nSPS) is 12.6. The topological polar surface area (TPSA) is 29.9 Å². The van der Waals surface area contributed by atoms with Gasteiger partial charge >= 0.3 is 0 Å². The summed E-state index contributed by atoms with van der Waals surface area (Å²) in [5.74, 6) is 0. The molecule has 2 aromatic rings. The van der Waals surface area contributed by atoms with Crippen LogP contribution in [0.4, 0.5) is 0 Å². The van der Waals surface area contributed by atoms with E-state index in [0.29, 0.717) is 6.04 Å². The Labute approximate surface area is 122 Å². The number of benzene rings is 1. The highest BCUT2D eigenvalue weighted by molar-refractivity contribution is 5.25. The minimum absolute atomic E-state index is 0.318. The molecule has 3 nitrogen and oxygen atoms in total. The molecular weight excluding hydrogens is 246 g/mol. The monoisotopic (exact) mass is 271 g/mol. The third-order valence-electron chi connectivity index (χ3n) is 3.72. The highest BCUT2D eigenvalue weighted by Crippen LogP contribution is 2.19. The lowest BCUT2D eigenvalue weighted by Crippen LogP contribution is -2.25. The summed E-state index contributed by atoms with van der Waals surface area (Å²) in [6.07, 6.45) is 2.09. The number of nitrogens with zero attached hydrogens (tertiary/aromatic N) is 2. The van der Waals surface area contributed by atoms with Gasteiger partial charge in [0.1, 0.15) is 0 Å². The Morgan fingerprint density at radius 1 is 1.15 bits per heavy atom. The van der Waals surface area contributed by atoms with Gasteiger partial charge in [-0.1, -0.05) is 38.1 Å². The summed E-state index contributed by atoms with van der Waals surface area (Å²) in [5.41, 5.74) is 5.09. The molecule has 0 saturated heterocycles. The molecule has 0 bridgehead atoms. The van der Waals surface area contributed by atoms with Gasteiger partial charge in [-0.2, -0.15) is 5.10 Å². The lowest BCUT2D eigenvalue weighted by Gasteiger charge is -2.18. The van der Waals surface area contributed by atoms with Gasteiger partial charge in [-0.15, -0.1) is 0 Å². The van der Waals surface area contributed by atoms with Crippen LogP contribution in [-0.2, 0) is 19.9 Å². The molecule has 1 heterocycles. The van der Waals surface area contributed by atoms with E-state index in [9.17, 15) is 0 Å². The molecule has 2 rings (SSSR count). The molecule has 3 heteroatoms. The molecule has 0 aliphatic carbocycles. The fourth-order valence-corrected chi connectivity index (χ4v) is 2.63. The predicted octanol–water partition coefficient (Wildman–Crippen LogP) is 3.18. The van der Waals surface area contributed by atoms with Gasteiger partial charge in [0.25, 0.3) is 0 Å². The van der Waals surface area contributed by atoms with Crippen molar-refractivity contribution in [2.45, 2.75) is 39.7 Å². The second kappa shape index (κ2) is 6.71. The van der Waals surface area contributed by atoms with Crippen LogP contribution in [0.5, 0.6) is 0 Å². The van der Waals surface area contributed by atoms with Crippen LogP contribution in [0.3, 0.4) is 0 Å². The maximum Gasteiger partial charge on any atom is 0.0597 e. The van der Waals surface area contributed by atoms with E-state index in [1.54, 1.807) is 0 Å². The molecule has 0 amide bonds. The first-order valence-electron chi connectivity index (χ1n) is 7.45. The van der Waals surface area contributed by atoms with E-state index < -0.39 is 0 Å². The highest BCUT2D eigenvalue weighted by atomic mass is 15.3. The smallest absolute Gasteiger partial charge is 0.0597 e. The molecule has 1 atom stereocenters. The first-order valence-corrected chi connectivity index (χ1v) is 7.45. The molecule has 0 spiro atoms. The van der Waals surface area contributed by atoms with Crippen molar-refractivity contribution in [3.63, 3.8) is 0 Å². The van der Waals surface area contributed by atoms with Crippen LogP contribution in [-0.4, -0.2) is 16.3 Å². The Bertz CT molecular complexity index is 540. The fraction of sp³-hybridized carbons (Fsp3) is 0.471. The van der Waals surface area contributed by atoms with Gasteiger partial charge in [0.2, 0.25) is 0 Å². The second-order valence-corrected chi connectivity index (χ2v) is 5.32. The van der Waals surface area contributed by atoms with E-state index in [1.165, 1.54) is 16.8 Å². The van der Waals surface area contributed by atoms with Gasteiger partial charge in [-0.05, 0) is 43.5 Å². The van der Waals surface area contributed by atoms with Crippen molar-refractivity contribution in [1.82, 2.24) is 15.1 Å². The minimum Gasteiger partial charge on any atom is -0.309 e. The second-order valence-electron chi connectivity index (χ2n) is 5.32. The number of likely N-dealkylation sites (N-methyl/N-ethyl adjacent to an activating group) is 1. The number of nitrogens with one attached hydrogen (secondary N) is 1. The number of hydrogen-bond donors (Lipinski definition) is 1. The summed E-state index contributed by atoms with van der Waals surface area (Å²) in [5, 5.41) is 8.03. The van der Waals surface area contributed by atoms with Gasteiger partial charge in [-0.3, -0.25) is 4.68 Å². The molecule has 0 aliphatic rings. The zero-order valence-corrected chi connectivity index (χ0v) is 13.0. The van der Waals surface area contributed by atoms with Crippen LogP contribution in [0.1, 0.15) is 42.4 Å². The van der Waals surface area contributed by atoms with E-state index in [1.807, 2.05) is 18.7 Å². The molecule has 108 valence electrons. The minimum atomic E-state index is 0.318. The average Bonchev–Trinajstić information content (AvgIpc) is 2.78. The van der Waals surface area contributed by atoms with Crippen LogP contribution >= 0.6 is 0 Å². The summed E-state index contributed by atoms with van der Waals surface area (Å²) in [6.45, 7) is 7.34. The molecule has 0 radical (unpaired) electrons. The van der Waals surface area contributed by atoms with Crippen LogP contribution in [0.25, 0.3) is 0 Å². The first kappa shape index (κ1) is 14.8. The molecule has 0 aliphatic heterocycles. The van der Waals surface area contributed by atoms with Crippen molar-refractivity contribution in [1.29, 1.82) is 0 Å². The first-order chi connectivity index (χ1) is 9.63. The summed E-state index contributed by atoms with van der Waals surface area (Å²) in [7, 11) is 2.02. The Kier molecular flexibility index (Phi) is 4.96. The number of aryl methyl sites for hydroxylation is 3. The molecule has 1 unspecified atom stereocenters. The number of rotatable bonds is 6. The Hall–Kier alpha value is -1.61. The van der Waals surface area contributed by atoms with Gasteiger partial charge in [0, 0.05) is 7.05 Å². The van der Waals surface area contributed by atoms with Crippen LogP contribution in [0.15, 0.2) is 30.3 Å². The van der Waals surface area contributed by atoms with E-state index >= 15 is 0 Å². The Morgan fingerprint density at radius 2 is 1.80 bits per heavy atom. The van der Waals surface area contributed by atoms with E-state index in [2.05, 4.69) is 54.6 Å². The summed E-state index contributed by atoms with van der Waals surface area (Å²) < 4.78 is 1.99. The number of hydrogen-bond acceptors (Lipinski definition) is 2. The molecule has 0 saturated carbocycles. The maximum atomic E-state index is 4.46. The van der Waals surface area contributed by atoms with Gasteiger partial charge in [0.15, 0.2) is 0 Å². The SMILES string of the molecule is CCNC(Cc1ccc(CC)cc1)c1cc(C)nn1C. The van der Waals surface area contributed by atoms with Crippen molar-refractivity contribution in [3.05, 3.63) is 52.8 Å². The fourth-order valence-electron chi connectivity index (χ4n) is 2.63. The molecule has 1 aromatic carbocycles. The molecule has 1 N–H and O–H groups in total. The largest absolute Gasteiger partial charge is 0.309 e. The van der Waals surface area contributed by atoms with Crippen LogP contribution < -0.4 is 5.32 Å². The van der Waals surface area contributed by atoms with Gasteiger partial charge in [-0.25, -0.2) is 0 Å². The molecule has 20 heavy (non-hydrogen) atoms. The lowest BCUT2D eigenvalue weighted by molar-refractivity contribution is 0.507. The van der Waals surface area contributed by atoms with Crippen LogP contribution in [0, 0.1) is 6.92 Å². The zero-order chi connectivity index (χ0) is 14.5. The summed E-state index contributed by atoms with van der Waals surface area (Å²) in [4.78, 5) is 0. The third kappa shape index (κ3) is 3.48. The summed E-state index contributed by atoms with van der Waals surface area (Å²) >= 11 is 0. The standard InChI is InChI=1S/C17H25N3/c1-5-14-7-9-15(10-8-14)12-16(18-6-2)17-11-13(3)19-20(17)4/h7-11,16,18H,5-6,12H2,1-4H3. The van der Waals surface area contributed by atoms with Crippen LogP contribution in [0.2, 0.25) is 0 Å². The maximum absolute atomic E-state index is 4.46. The Balaban J connectivity index is 2.18. The number of aromatic nitrogens is 2. The van der Waals surface area contributed by atoms with Crippen molar-refractivity contribution in [3.8, 4) is 0 Å².